The standard InChI is InChI=1S/C17H18N4O2/c18-17(23)14-11-19-15-12-20(9-10-21(14)15)16(22)8-4-7-13-5-2-1-3-6-13/h1-7,11H,8-10,12H2,(H2,18,23)/b7-4+. The molecule has 0 radical (unpaired) electrons. The lowest BCUT2D eigenvalue weighted by molar-refractivity contribution is -0.131. The molecule has 1 aliphatic heterocycles. The number of hydrogen-bond acceptors (Lipinski definition) is 3. The molecule has 1 aromatic carbocycles. The maximum absolute atomic E-state index is 12.3. The van der Waals surface area contributed by atoms with Crippen LogP contribution in [0.5, 0.6) is 0 Å². The van der Waals surface area contributed by atoms with Gasteiger partial charge in [0.15, 0.2) is 0 Å². The van der Waals surface area contributed by atoms with E-state index < -0.39 is 5.91 Å². The summed E-state index contributed by atoms with van der Waals surface area (Å²) >= 11 is 0. The van der Waals surface area contributed by atoms with Gasteiger partial charge >= 0.3 is 0 Å². The lowest BCUT2D eigenvalue weighted by Crippen LogP contribution is -2.39. The molecule has 0 aliphatic carbocycles. The highest BCUT2D eigenvalue weighted by atomic mass is 16.2. The third-order valence-electron chi connectivity index (χ3n) is 3.87. The number of carbonyl (C=O) groups is 2. The van der Waals surface area contributed by atoms with Crippen LogP contribution in [0.1, 0.15) is 28.3 Å². The number of primary amides is 1. The Morgan fingerprint density at radius 1 is 1.22 bits per heavy atom. The Kier molecular flexibility index (Phi) is 4.23. The number of hydrogen-bond donors (Lipinski definition) is 1. The zero-order valence-electron chi connectivity index (χ0n) is 12.7. The highest BCUT2D eigenvalue weighted by Gasteiger charge is 2.24. The van der Waals surface area contributed by atoms with Crippen molar-refractivity contribution in [3.8, 4) is 0 Å². The summed E-state index contributed by atoms with van der Waals surface area (Å²) in [7, 11) is 0. The zero-order valence-corrected chi connectivity index (χ0v) is 12.7. The van der Waals surface area contributed by atoms with Gasteiger partial charge in [-0.2, -0.15) is 0 Å². The van der Waals surface area contributed by atoms with Crippen LogP contribution in [0.25, 0.3) is 6.08 Å². The van der Waals surface area contributed by atoms with Crippen molar-refractivity contribution < 1.29 is 9.59 Å². The Bertz CT molecular complexity index is 749. The number of amides is 2. The van der Waals surface area contributed by atoms with Crippen molar-refractivity contribution >= 4 is 17.9 Å². The first-order valence-electron chi connectivity index (χ1n) is 7.48. The summed E-state index contributed by atoms with van der Waals surface area (Å²) in [5, 5.41) is 0. The summed E-state index contributed by atoms with van der Waals surface area (Å²) < 4.78 is 1.78. The Morgan fingerprint density at radius 2 is 2.00 bits per heavy atom. The van der Waals surface area contributed by atoms with Gasteiger partial charge in [0.05, 0.1) is 12.7 Å². The molecule has 0 saturated carbocycles. The number of fused-ring (bicyclic) bond motifs is 1. The lowest BCUT2D eigenvalue weighted by atomic mass is 10.2. The molecule has 23 heavy (non-hydrogen) atoms. The Labute approximate surface area is 134 Å². The van der Waals surface area contributed by atoms with Crippen molar-refractivity contribution in [1.82, 2.24) is 14.5 Å². The normalized spacial score (nSPS) is 14.0. The summed E-state index contributed by atoms with van der Waals surface area (Å²) in [6.07, 6.45) is 5.63. The van der Waals surface area contributed by atoms with E-state index >= 15 is 0 Å². The molecule has 6 heteroatoms. The Morgan fingerprint density at radius 3 is 2.74 bits per heavy atom. The van der Waals surface area contributed by atoms with Gasteiger partial charge in [-0.15, -0.1) is 0 Å². The van der Waals surface area contributed by atoms with Gasteiger partial charge in [-0.3, -0.25) is 9.59 Å². The minimum absolute atomic E-state index is 0.0482. The second-order valence-corrected chi connectivity index (χ2v) is 5.41. The summed E-state index contributed by atoms with van der Waals surface area (Å²) in [6.45, 7) is 1.51. The molecular weight excluding hydrogens is 292 g/mol. The minimum atomic E-state index is -0.491. The van der Waals surface area contributed by atoms with Crippen LogP contribution in [0.2, 0.25) is 0 Å². The molecule has 2 N–H and O–H groups in total. The molecule has 0 spiro atoms. The van der Waals surface area contributed by atoms with Crippen LogP contribution in [-0.4, -0.2) is 32.8 Å². The van der Waals surface area contributed by atoms with Crippen LogP contribution in [-0.2, 0) is 17.9 Å². The lowest BCUT2D eigenvalue weighted by Gasteiger charge is -2.28. The smallest absolute Gasteiger partial charge is 0.266 e. The number of nitrogens with two attached hydrogens (primary N) is 1. The van der Waals surface area contributed by atoms with Gasteiger partial charge in [-0.25, -0.2) is 4.98 Å². The van der Waals surface area contributed by atoms with Gasteiger partial charge in [0, 0.05) is 19.5 Å². The van der Waals surface area contributed by atoms with Gasteiger partial charge in [0.25, 0.3) is 5.91 Å². The second-order valence-electron chi connectivity index (χ2n) is 5.41. The summed E-state index contributed by atoms with van der Waals surface area (Å²) in [5.41, 5.74) is 6.78. The third kappa shape index (κ3) is 3.31. The molecule has 0 atom stereocenters. The molecule has 1 aliphatic rings. The first kappa shape index (κ1) is 15.0. The summed E-state index contributed by atoms with van der Waals surface area (Å²) in [4.78, 5) is 29.5. The Hall–Kier alpha value is -2.89. The second kappa shape index (κ2) is 6.48. The zero-order chi connectivity index (χ0) is 16.2. The van der Waals surface area contributed by atoms with Gasteiger partial charge < -0.3 is 15.2 Å². The van der Waals surface area contributed by atoms with Gasteiger partial charge in [0.2, 0.25) is 5.91 Å². The van der Waals surface area contributed by atoms with Crippen molar-refractivity contribution in [3.05, 3.63) is 59.7 Å². The topological polar surface area (TPSA) is 81.2 Å². The molecule has 1 aromatic heterocycles. The largest absolute Gasteiger partial charge is 0.364 e. The predicted octanol–water partition coefficient (Wildman–Crippen LogP) is 1.43. The number of nitrogens with zero attached hydrogens (tertiary/aromatic N) is 3. The van der Waals surface area contributed by atoms with E-state index in [-0.39, 0.29) is 5.91 Å². The van der Waals surface area contributed by atoms with Crippen molar-refractivity contribution in [1.29, 1.82) is 0 Å². The molecule has 2 amide bonds. The van der Waals surface area contributed by atoms with Crippen molar-refractivity contribution in [3.63, 3.8) is 0 Å². The fraction of sp³-hybridized carbons (Fsp3) is 0.235. The van der Waals surface area contributed by atoms with E-state index in [1.165, 1.54) is 6.20 Å². The average molecular weight is 310 g/mol. The molecule has 0 bridgehead atoms. The van der Waals surface area contributed by atoms with Gasteiger partial charge in [0.1, 0.15) is 11.5 Å². The van der Waals surface area contributed by atoms with E-state index in [1.807, 2.05) is 42.5 Å². The number of rotatable bonds is 4. The number of carbonyl (C=O) groups excluding carboxylic acids is 2. The first-order chi connectivity index (χ1) is 11.1. The molecule has 118 valence electrons. The van der Waals surface area contributed by atoms with Crippen molar-refractivity contribution in [2.45, 2.75) is 19.5 Å². The van der Waals surface area contributed by atoms with Crippen molar-refractivity contribution in [2.75, 3.05) is 6.54 Å². The van der Waals surface area contributed by atoms with Crippen LogP contribution >= 0.6 is 0 Å². The summed E-state index contributed by atoms with van der Waals surface area (Å²) in [5.74, 6) is 0.256. The minimum Gasteiger partial charge on any atom is -0.364 e. The molecule has 2 aromatic rings. The van der Waals surface area contributed by atoms with Crippen LogP contribution in [0, 0.1) is 0 Å². The Balaban J connectivity index is 1.61. The van der Waals surface area contributed by atoms with Crippen LogP contribution in [0.4, 0.5) is 0 Å². The molecule has 2 heterocycles. The van der Waals surface area contributed by atoms with Crippen LogP contribution in [0.15, 0.2) is 42.6 Å². The van der Waals surface area contributed by atoms with Crippen molar-refractivity contribution in [2.24, 2.45) is 5.73 Å². The maximum Gasteiger partial charge on any atom is 0.266 e. The number of aromatic nitrogens is 2. The van der Waals surface area contributed by atoms with Gasteiger partial charge in [-0.05, 0) is 5.56 Å². The number of imidazole rings is 1. The fourth-order valence-corrected chi connectivity index (χ4v) is 2.66. The van der Waals surface area contributed by atoms with E-state index in [4.69, 9.17) is 5.73 Å². The van der Waals surface area contributed by atoms with E-state index in [0.717, 1.165) is 5.56 Å². The highest BCUT2D eigenvalue weighted by molar-refractivity contribution is 5.91. The quantitative estimate of drug-likeness (QED) is 0.927. The van der Waals surface area contributed by atoms with Gasteiger partial charge in [-0.1, -0.05) is 42.5 Å². The third-order valence-corrected chi connectivity index (χ3v) is 3.87. The molecule has 0 saturated heterocycles. The van der Waals surface area contributed by atoms with E-state index in [2.05, 4.69) is 4.98 Å². The highest BCUT2D eigenvalue weighted by Crippen LogP contribution is 2.15. The molecule has 0 fully saturated rings. The SMILES string of the molecule is NC(=O)c1cnc2n1CCN(C(=O)C/C=C/c1ccccc1)C2. The van der Waals surface area contributed by atoms with E-state index in [9.17, 15) is 9.59 Å². The van der Waals surface area contributed by atoms with E-state index in [0.29, 0.717) is 37.6 Å². The maximum atomic E-state index is 12.3. The van der Waals surface area contributed by atoms with Crippen LogP contribution in [0.3, 0.4) is 0 Å². The van der Waals surface area contributed by atoms with Crippen LogP contribution < -0.4 is 5.73 Å². The molecule has 6 nitrogen and oxygen atoms in total. The first-order valence-corrected chi connectivity index (χ1v) is 7.48. The fourth-order valence-electron chi connectivity index (χ4n) is 2.66. The molecule has 0 unspecified atom stereocenters. The molecular formula is C17H18N4O2. The molecule has 3 rings (SSSR count). The van der Waals surface area contributed by atoms with E-state index in [1.54, 1.807) is 9.47 Å². The monoisotopic (exact) mass is 310 g/mol. The average Bonchev–Trinajstić information content (AvgIpc) is 2.99. The predicted molar refractivity (Wildman–Crippen MR) is 86.3 cm³/mol. The summed E-state index contributed by atoms with van der Waals surface area (Å²) in [6, 6.07) is 9.86. The number of benzene rings is 1.